The smallest absolute Gasteiger partial charge is 0.387 e. The standard InChI is InChI=1S/C14H17F2N3O/c1-2-19-10-18-9-12(19)8-17-7-11-3-5-13(6-4-11)20-14(15)16/h3-6,9-10,14,17H,2,7-8H2,1H3. The highest BCUT2D eigenvalue weighted by molar-refractivity contribution is 5.27. The molecule has 108 valence electrons. The van der Waals surface area contributed by atoms with Gasteiger partial charge in [0, 0.05) is 25.8 Å². The van der Waals surface area contributed by atoms with Crippen LogP contribution in [-0.2, 0) is 19.6 Å². The average Bonchev–Trinajstić information content (AvgIpc) is 2.87. The molecule has 0 unspecified atom stereocenters. The number of hydrogen-bond acceptors (Lipinski definition) is 3. The second-order valence-corrected chi connectivity index (χ2v) is 4.30. The summed E-state index contributed by atoms with van der Waals surface area (Å²) in [5.74, 6) is 0.174. The van der Waals surface area contributed by atoms with E-state index in [1.54, 1.807) is 30.6 Å². The molecule has 0 radical (unpaired) electrons. The first kappa shape index (κ1) is 14.5. The molecule has 1 aromatic carbocycles. The van der Waals surface area contributed by atoms with E-state index in [-0.39, 0.29) is 5.75 Å². The summed E-state index contributed by atoms with van der Waals surface area (Å²) in [6.45, 7) is 1.53. The fraction of sp³-hybridized carbons (Fsp3) is 0.357. The van der Waals surface area contributed by atoms with Crippen molar-refractivity contribution in [2.24, 2.45) is 0 Å². The second kappa shape index (κ2) is 7.00. The molecule has 20 heavy (non-hydrogen) atoms. The van der Waals surface area contributed by atoms with E-state index in [0.29, 0.717) is 13.1 Å². The Labute approximate surface area is 116 Å². The number of ether oxygens (including phenoxy) is 1. The summed E-state index contributed by atoms with van der Waals surface area (Å²) in [4.78, 5) is 4.09. The molecule has 1 N–H and O–H groups in total. The van der Waals surface area contributed by atoms with E-state index in [9.17, 15) is 8.78 Å². The zero-order valence-corrected chi connectivity index (χ0v) is 11.2. The molecular weight excluding hydrogens is 264 g/mol. The molecule has 1 aromatic heterocycles. The van der Waals surface area contributed by atoms with Gasteiger partial charge in [0.25, 0.3) is 0 Å². The molecule has 0 bridgehead atoms. The maximum Gasteiger partial charge on any atom is 0.387 e. The van der Waals surface area contributed by atoms with E-state index >= 15 is 0 Å². The number of alkyl halides is 2. The third kappa shape index (κ3) is 4.03. The molecule has 6 heteroatoms. The summed E-state index contributed by atoms with van der Waals surface area (Å²) in [7, 11) is 0. The van der Waals surface area contributed by atoms with Gasteiger partial charge in [-0.2, -0.15) is 8.78 Å². The van der Waals surface area contributed by atoms with Crippen LogP contribution in [0.25, 0.3) is 0 Å². The van der Waals surface area contributed by atoms with E-state index in [4.69, 9.17) is 0 Å². The third-order valence-corrected chi connectivity index (χ3v) is 2.92. The fourth-order valence-electron chi connectivity index (χ4n) is 1.90. The van der Waals surface area contributed by atoms with E-state index in [1.807, 2.05) is 6.20 Å². The maximum atomic E-state index is 12.0. The topological polar surface area (TPSA) is 39.1 Å². The monoisotopic (exact) mass is 281 g/mol. The summed E-state index contributed by atoms with van der Waals surface area (Å²) >= 11 is 0. The van der Waals surface area contributed by atoms with E-state index in [2.05, 4.69) is 26.5 Å². The Kier molecular flexibility index (Phi) is 5.06. The molecule has 0 spiro atoms. The van der Waals surface area contributed by atoms with Crippen LogP contribution < -0.4 is 10.1 Å². The first-order chi connectivity index (χ1) is 9.69. The van der Waals surface area contributed by atoms with Crippen LogP contribution in [-0.4, -0.2) is 16.2 Å². The van der Waals surface area contributed by atoms with Crippen LogP contribution in [0.2, 0.25) is 0 Å². The van der Waals surface area contributed by atoms with Gasteiger partial charge in [-0.1, -0.05) is 12.1 Å². The zero-order valence-electron chi connectivity index (χ0n) is 11.2. The normalized spacial score (nSPS) is 11.0. The van der Waals surface area contributed by atoms with E-state index in [1.165, 1.54) is 0 Å². The predicted molar refractivity (Wildman–Crippen MR) is 71.5 cm³/mol. The van der Waals surface area contributed by atoms with Crippen molar-refractivity contribution in [2.75, 3.05) is 0 Å². The van der Waals surface area contributed by atoms with Gasteiger partial charge in [-0.05, 0) is 24.6 Å². The highest BCUT2D eigenvalue weighted by atomic mass is 19.3. The summed E-state index contributed by atoms with van der Waals surface area (Å²) in [6.07, 6.45) is 3.63. The van der Waals surface area contributed by atoms with Gasteiger partial charge in [-0.3, -0.25) is 0 Å². The number of rotatable bonds is 7. The lowest BCUT2D eigenvalue weighted by Gasteiger charge is -2.08. The van der Waals surface area contributed by atoms with Crippen molar-refractivity contribution in [3.8, 4) is 5.75 Å². The van der Waals surface area contributed by atoms with E-state index in [0.717, 1.165) is 17.8 Å². The van der Waals surface area contributed by atoms with E-state index < -0.39 is 6.61 Å². The van der Waals surface area contributed by atoms with Gasteiger partial charge in [-0.15, -0.1) is 0 Å². The average molecular weight is 281 g/mol. The Morgan fingerprint density at radius 2 is 2.00 bits per heavy atom. The van der Waals surface area contributed by atoms with Gasteiger partial charge >= 0.3 is 6.61 Å². The lowest BCUT2D eigenvalue weighted by Crippen LogP contribution is -2.15. The molecule has 0 amide bonds. The second-order valence-electron chi connectivity index (χ2n) is 4.30. The van der Waals surface area contributed by atoms with Crippen molar-refractivity contribution in [1.29, 1.82) is 0 Å². The summed E-state index contributed by atoms with van der Waals surface area (Å²) < 4.78 is 30.4. The number of benzene rings is 1. The molecule has 0 aliphatic rings. The van der Waals surface area contributed by atoms with Crippen LogP contribution in [0.15, 0.2) is 36.8 Å². The zero-order chi connectivity index (χ0) is 14.4. The minimum absolute atomic E-state index is 0.174. The van der Waals surface area contributed by atoms with Crippen LogP contribution in [0.4, 0.5) is 8.78 Å². The van der Waals surface area contributed by atoms with Crippen LogP contribution >= 0.6 is 0 Å². The molecule has 2 rings (SSSR count). The number of hydrogen-bond donors (Lipinski definition) is 1. The van der Waals surface area contributed by atoms with Crippen LogP contribution in [0.1, 0.15) is 18.2 Å². The van der Waals surface area contributed by atoms with Gasteiger partial charge in [0.2, 0.25) is 0 Å². The molecule has 0 aliphatic carbocycles. The minimum atomic E-state index is -2.78. The predicted octanol–water partition coefficient (Wildman–Crippen LogP) is 2.79. The molecule has 0 aliphatic heterocycles. The molecule has 0 atom stereocenters. The first-order valence-electron chi connectivity index (χ1n) is 6.42. The molecular formula is C14H17F2N3O. The number of aryl methyl sites for hydroxylation is 1. The lowest BCUT2D eigenvalue weighted by molar-refractivity contribution is -0.0498. The number of imidazole rings is 1. The summed E-state index contributed by atoms with van der Waals surface area (Å²) in [5.41, 5.74) is 2.12. The number of halogens is 2. The van der Waals surface area contributed by atoms with Gasteiger partial charge in [0.15, 0.2) is 0 Å². The molecule has 0 saturated carbocycles. The number of aromatic nitrogens is 2. The third-order valence-electron chi connectivity index (χ3n) is 2.92. The quantitative estimate of drug-likeness (QED) is 0.848. The molecule has 0 saturated heterocycles. The van der Waals surface area contributed by atoms with Gasteiger partial charge in [0.1, 0.15) is 5.75 Å². The molecule has 0 fully saturated rings. The molecule has 1 heterocycles. The SMILES string of the molecule is CCn1cncc1CNCc1ccc(OC(F)F)cc1. The van der Waals surface area contributed by atoms with Gasteiger partial charge < -0.3 is 14.6 Å². The first-order valence-corrected chi connectivity index (χ1v) is 6.42. The highest BCUT2D eigenvalue weighted by Gasteiger charge is 2.04. The lowest BCUT2D eigenvalue weighted by atomic mass is 10.2. The maximum absolute atomic E-state index is 12.0. The Balaban J connectivity index is 1.82. The van der Waals surface area contributed by atoms with Crippen molar-refractivity contribution in [1.82, 2.24) is 14.9 Å². The van der Waals surface area contributed by atoms with Crippen LogP contribution in [0, 0.1) is 0 Å². The number of nitrogens with one attached hydrogen (secondary N) is 1. The Morgan fingerprint density at radius 3 is 2.65 bits per heavy atom. The van der Waals surface area contributed by atoms with Crippen molar-refractivity contribution >= 4 is 0 Å². The van der Waals surface area contributed by atoms with Crippen molar-refractivity contribution in [2.45, 2.75) is 33.2 Å². The summed E-state index contributed by atoms with van der Waals surface area (Å²) in [6, 6.07) is 6.61. The van der Waals surface area contributed by atoms with Crippen molar-refractivity contribution < 1.29 is 13.5 Å². The van der Waals surface area contributed by atoms with Crippen molar-refractivity contribution in [3.63, 3.8) is 0 Å². The summed E-state index contributed by atoms with van der Waals surface area (Å²) in [5, 5.41) is 3.29. The highest BCUT2D eigenvalue weighted by Crippen LogP contribution is 2.14. The molecule has 4 nitrogen and oxygen atoms in total. The Morgan fingerprint density at radius 1 is 1.25 bits per heavy atom. The Bertz CT molecular complexity index is 525. The fourth-order valence-corrected chi connectivity index (χ4v) is 1.90. The van der Waals surface area contributed by atoms with Gasteiger partial charge in [-0.25, -0.2) is 4.98 Å². The molecule has 2 aromatic rings. The van der Waals surface area contributed by atoms with Crippen LogP contribution in [0.5, 0.6) is 5.75 Å². The minimum Gasteiger partial charge on any atom is -0.435 e. The largest absolute Gasteiger partial charge is 0.435 e. The van der Waals surface area contributed by atoms with Gasteiger partial charge in [0.05, 0.1) is 12.0 Å². The van der Waals surface area contributed by atoms with Crippen molar-refractivity contribution in [3.05, 3.63) is 48.0 Å². The number of nitrogens with zero attached hydrogens (tertiary/aromatic N) is 2. The Hall–Kier alpha value is -1.95. The van der Waals surface area contributed by atoms with Crippen LogP contribution in [0.3, 0.4) is 0 Å².